The summed E-state index contributed by atoms with van der Waals surface area (Å²) in [5, 5.41) is 10.7. The first kappa shape index (κ1) is 27.2. The molecule has 0 bridgehead atoms. The molecule has 39 heavy (non-hydrogen) atoms. The predicted octanol–water partition coefficient (Wildman–Crippen LogP) is 3.29. The third kappa shape index (κ3) is 4.91. The van der Waals surface area contributed by atoms with Gasteiger partial charge in [-0.3, -0.25) is 14.5 Å². The number of piperazine rings is 2. The number of aromatic nitrogens is 1. The number of phenolic OH excluding ortho intramolecular Hbond substituents is 1. The van der Waals surface area contributed by atoms with Gasteiger partial charge in [0, 0.05) is 52.7 Å². The van der Waals surface area contributed by atoms with Crippen molar-refractivity contribution in [3.05, 3.63) is 47.3 Å². The van der Waals surface area contributed by atoms with E-state index in [2.05, 4.69) is 16.4 Å². The molecule has 2 fully saturated rings. The van der Waals surface area contributed by atoms with Crippen LogP contribution in [0.15, 0.2) is 30.9 Å². The molecule has 3 aliphatic heterocycles. The van der Waals surface area contributed by atoms with E-state index in [0.29, 0.717) is 57.4 Å². The molecule has 11 heteroatoms. The second-order valence-electron chi connectivity index (χ2n) is 10.9. The van der Waals surface area contributed by atoms with Gasteiger partial charge >= 0.3 is 0 Å². The van der Waals surface area contributed by atoms with Crippen LogP contribution in [0.3, 0.4) is 0 Å². The molecule has 4 heterocycles. The zero-order valence-corrected chi connectivity index (χ0v) is 23.2. The highest BCUT2D eigenvalue weighted by molar-refractivity contribution is 6.35. The van der Waals surface area contributed by atoms with Gasteiger partial charge in [-0.2, -0.15) is 0 Å². The molecule has 1 N–H and O–H groups in total. The van der Waals surface area contributed by atoms with Crippen LogP contribution in [0.5, 0.6) is 11.5 Å². The summed E-state index contributed by atoms with van der Waals surface area (Å²) in [6, 6.07) is 3.97. The average Bonchev–Trinajstić information content (AvgIpc) is 3.08. The highest BCUT2D eigenvalue weighted by Gasteiger charge is 2.41. The van der Waals surface area contributed by atoms with Crippen molar-refractivity contribution < 1.29 is 23.8 Å². The van der Waals surface area contributed by atoms with Crippen LogP contribution in [-0.4, -0.2) is 94.1 Å². The van der Waals surface area contributed by atoms with Crippen molar-refractivity contribution in [3.63, 3.8) is 0 Å². The van der Waals surface area contributed by atoms with E-state index in [1.165, 1.54) is 24.3 Å². The fourth-order valence-corrected chi connectivity index (χ4v) is 6.09. The van der Waals surface area contributed by atoms with Crippen LogP contribution in [0.2, 0.25) is 5.02 Å². The highest BCUT2D eigenvalue weighted by atomic mass is 35.5. The van der Waals surface area contributed by atoms with E-state index in [1.54, 1.807) is 16.7 Å². The Morgan fingerprint density at radius 2 is 1.97 bits per heavy atom. The maximum Gasteiger partial charge on any atom is 0.246 e. The number of nitrogens with zero attached hydrogens (tertiary/aromatic N) is 5. The zero-order chi connectivity index (χ0) is 28.1. The van der Waals surface area contributed by atoms with Crippen LogP contribution in [0.4, 0.5) is 10.2 Å². The SMILES string of the molecule is C=CC(=O)N1CCN2Cc3c(N4CCN(C(C)=O)CC4(C)C)nc(-c4c(O)cccc4F)c(Cl)c3OCC2C1. The molecule has 1 aromatic heterocycles. The molecule has 0 radical (unpaired) electrons. The lowest BCUT2D eigenvalue weighted by molar-refractivity contribution is -0.130. The van der Waals surface area contributed by atoms with Crippen molar-refractivity contribution in [3.8, 4) is 22.8 Å². The van der Waals surface area contributed by atoms with Gasteiger partial charge in [0.05, 0.1) is 22.7 Å². The van der Waals surface area contributed by atoms with Gasteiger partial charge in [0.2, 0.25) is 11.8 Å². The number of amides is 2. The number of anilines is 1. The van der Waals surface area contributed by atoms with Gasteiger partial charge in [0.1, 0.15) is 40.5 Å². The molecule has 1 aromatic carbocycles. The molecule has 3 aliphatic rings. The Morgan fingerprint density at radius 1 is 1.23 bits per heavy atom. The van der Waals surface area contributed by atoms with Gasteiger partial charge in [0.15, 0.2) is 0 Å². The number of rotatable bonds is 3. The Labute approximate surface area is 232 Å². The van der Waals surface area contributed by atoms with E-state index >= 15 is 4.39 Å². The highest BCUT2D eigenvalue weighted by Crippen LogP contribution is 2.47. The third-order valence-corrected chi connectivity index (χ3v) is 8.22. The van der Waals surface area contributed by atoms with E-state index in [1.807, 2.05) is 13.8 Å². The summed E-state index contributed by atoms with van der Waals surface area (Å²) in [6.07, 6.45) is 1.32. The maximum atomic E-state index is 15.1. The summed E-state index contributed by atoms with van der Waals surface area (Å²) in [4.78, 5) is 37.3. The first-order chi connectivity index (χ1) is 18.5. The van der Waals surface area contributed by atoms with Crippen molar-refractivity contribution in [2.24, 2.45) is 0 Å². The number of aromatic hydroxyl groups is 1. The number of hydrogen-bond donors (Lipinski definition) is 1. The minimum absolute atomic E-state index is 0.000652. The van der Waals surface area contributed by atoms with E-state index in [0.717, 1.165) is 5.56 Å². The van der Waals surface area contributed by atoms with Gasteiger partial charge in [-0.15, -0.1) is 0 Å². The zero-order valence-electron chi connectivity index (χ0n) is 22.4. The van der Waals surface area contributed by atoms with Crippen LogP contribution in [0.25, 0.3) is 11.3 Å². The van der Waals surface area contributed by atoms with Crippen molar-refractivity contribution in [2.45, 2.75) is 38.9 Å². The topological polar surface area (TPSA) is 89.5 Å². The molecule has 0 spiro atoms. The van der Waals surface area contributed by atoms with Crippen molar-refractivity contribution in [1.29, 1.82) is 0 Å². The van der Waals surface area contributed by atoms with Crippen LogP contribution in [0.1, 0.15) is 26.3 Å². The lowest BCUT2D eigenvalue weighted by Crippen LogP contribution is -2.61. The number of halogens is 2. The number of benzene rings is 1. The van der Waals surface area contributed by atoms with Crippen molar-refractivity contribution in [2.75, 3.05) is 50.8 Å². The average molecular weight is 558 g/mol. The number of carbonyl (C=O) groups is 2. The van der Waals surface area contributed by atoms with Gasteiger partial charge in [-0.1, -0.05) is 24.2 Å². The Kier molecular flexibility index (Phi) is 7.19. The number of pyridine rings is 1. The molecule has 9 nitrogen and oxygen atoms in total. The summed E-state index contributed by atoms with van der Waals surface area (Å²) in [7, 11) is 0. The monoisotopic (exact) mass is 557 g/mol. The molecule has 0 aliphatic carbocycles. The largest absolute Gasteiger partial charge is 0.507 e. The second kappa shape index (κ2) is 10.3. The first-order valence-corrected chi connectivity index (χ1v) is 13.4. The van der Waals surface area contributed by atoms with E-state index < -0.39 is 11.4 Å². The van der Waals surface area contributed by atoms with Gasteiger partial charge in [-0.25, -0.2) is 9.37 Å². The lowest BCUT2D eigenvalue weighted by atomic mass is 9.97. The quantitative estimate of drug-likeness (QED) is 0.579. The third-order valence-electron chi connectivity index (χ3n) is 7.87. The second-order valence-corrected chi connectivity index (χ2v) is 11.2. The summed E-state index contributed by atoms with van der Waals surface area (Å²) >= 11 is 6.89. The summed E-state index contributed by atoms with van der Waals surface area (Å²) < 4.78 is 21.4. The minimum Gasteiger partial charge on any atom is -0.507 e. The van der Waals surface area contributed by atoms with Gasteiger partial charge in [0.25, 0.3) is 0 Å². The number of hydrogen-bond acceptors (Lipinski definition) is 7. The Balaban J connectivity index is 1.63. The smallest absolute Gasteiger partial charge is 0.246 e. The fraction of sp³-hybridized carbons (Fsp3) is 0.464. The molecule has 0 saturated carbocycles. The normalized spacial score (nSPS) is 20.9. The molecular formula is C28H33ClFN5O4. The Bertz CT molecular complexity index is 1320. The van der Waals surface area contributed by atoms with Gasteiger partial charge < -0.3 is 24.5 Å². The van der Waals surface area contributed by atoms with E-state index in [-0.39, 0.29) is 46.5 Å². The standard InChI is InChI=1S/C28H33ClFN5O4/c1-5-22(38)33-10-9-32-14-19-26(39-15-18(32)13-33)24(29)25(23-20(30)7-6-8-21(23)37)31-27(19)35-12-11-34(17(2)36)16-28(35,3)4/h5-8,18,37H,1,9-16H2,2-4H3. The van der Waals surface area contributed by atoms with Crippen molar-refractivity contribution in [1.82, 2.24) is 19.7 Å². The number of carbonyl (C=O) groups excluding carboxylic acids is 2. The molecule has 2 aromatic rings. The van der Waals surface area contributed by atoms with Crippen LogP contribution in [-0.2, 0) is 16.1 Å². The molecule has 1 unspecified atom stereocenters. The molecule has 1 atom stereocenters. The fourth-order valence-electron chi connectivity index (χ4n) is 5.78. The molecule has 5 rings (SSSR count). The minimum atomic E-state index is -0.652. The summed E-state index contributed by atoms with van der Waals surface area (Å²) in [5.41, 5.74) is 0.248. The van der Waals surface area contributed by atoms with E-state index in [4.69, 9.17) is 21.3 Å². The van der Waals surface area contributed by atoms with Crippen LogP contribution < -0.4 is 9.64 Å². The summed E-state index contributed by atoms with van der Waals surface area (Å²) in [6.45, 7) is 13.1. The van der Waals surface area contributed by atoms with Crippen LogP contribution >= 0.6 is 11.6 Å². The van der Waals surface area contributed by atoms with Gasteiger partial charge in [-0.05, 0) is 32.1 Å². The predicted molar refractivity (Wildman–Crippen MR) is 146 cm³/mol. The number of fused-ring (bicyclic) bond motifs is 2. The lowest BCUT2D eigenvalue weighted by Gasteiger charge is -2.48. The Hall–Kier alpha value is -3.37. The first-order valence-electron chi connectivity index (χ1n) is 13.0. The Morgan fingerprint density at radius 3 is 2.64 bits per heavy atom. The maximum absolute atomic E-state index is 15.1. The summed E-state index contributed by atoms with van der Waals surface area (Å²) in [5.74, 6) is -0.0910. The van der Waals surface area contributed by atoms with Crippen LogP contribution in [0, 0.1) is 5.82 Å². The molecule has 2 saturated heterocycles. The molecular weight excluding hydrogens is 525 g/mol. The molecule has 2 amide bonds. The number of phenols is 1. The van der Waals surface area contributed by atoms with E-state index in [9.17, 15) is 14.7 Å². The molecule has 208 valence electrons. The van der Waals surface area contributed by atoms with Crippen molar-refractivity contribution >= 4 is 29.2 Å². The number of ether oxygens (including phenoxy) is 1.